The number of nitrogens with zero attached hydrogens (tertiary/aromatic N) is 1. The number of carbonyl (C=O) groups is 1. The Morgan fingerprint density at radius 3 is 2.39 bits per heavy atom. The van der Waals surface area contributed by atoms with Crippen LogP contribution in [0.15, 0.2) is 54.6 Å². The molecule has 2 amide bonds. The Bertz CT molecular complexity index is 672. The number of hydrogen-bond donors (Lipinski definition) is 2. The number of primary amides is 1. The highest BCUT2D eigenvalue weighted by Gasteiger charge is 2.44. The molecule has 0 radical (unpaired) electrons. The van der Waals surface area contributed by atoms with E-state index in [-0.39, 0.29) is 12.0 Å². The number of hydrogen-bond acceptors (Lipinski definition) is 3. The lowest BCUT2D eigenvalue weighted by molar-refractivity contribution is -0.0760. The van der Waals surface area contributed by atoms with Gasteiger partial charge >= 0.3 is 6.03 Å². The molecular weight excluding hydrogens is 292 g/mol. The van der Waals surface area contributed by atoms with Gasteiger partial charge in [-0.1, -0.05) is 30.3 Å². The summed E-state index contributed by atoms with van der Waals surface area (Å²) in [7, 11) is 0. The molecule has 0 spiro atoms. The molecule has 2 aromatic rings. The van der Waals surface area contributed by atoms with Gasteiger partial charge < -0.3 is 10.5 Å². The van der Waals surface area contributed by atoms with E-state index in [0.717, 1.165) is 17.9 Å². The van der Waals surface area contributed by atoms with Gasteiger partial charge in [-0.3, -0.25) is 5.21 Å². The first kappa shape index (κ1) is 15.4. The maximum atomic E-state index is 11.0. The lowest BCUT2D eigenvalue weighted by atomic mass is 10.1. The lowest BCUT2D eigenvalue weighted by Crippen LogP contribution is -2.40. The summed E-state index contributed by atoms with van der Waals surface area (Å²) >= 11 is 0. The van der Waals surface area contributed by atoms with Gasteiger partial charge in [-0.05, 0) is 55.0 Å². The van der Waals surface area contributed by atoms with E-state index < -0.39 is 6.03 Å². The van der Waals surface area contributed by atoms with Gasteiger partial charge in [0.2, 0.25) is 0 Å². The molecule has 1 fully saturated rings. The fourth-order valence-corrected chi connectivity index (χ4v) is 2.92. The number of para-hydroxylation sites is 1. The zero-order valence-corrected chi connectivity index (χ0v) is 12.9. The second-order valence-corrected chi connectivity index (χ2v) is 5.91. The number of benzene rings is 2. The Balaban J connectivity index is 1.62. The van der Waals surface area contributed by atoms with Crippen molar-refractivity contribution < 1.29 is 14.7 Å². The second kappa shape index (κ2) is 6.30. The zero-order valence-electron chi connectivity index (χ0n) is 12.9. The molecule has 120 valence electrons. The first-order chi connectivity index (χ1) is 11.1. The number of rotatable bonds is 5. The summed E-state index contributed by atoms with van der Waals surface area (Å²) in [6, 6.07) is 16.5. The molecule has 5 nitrogen and oxygen atoms in total. The van der Waals surface area contributed by atoms with Crippen molar-refractivity contribution in [3.05, 3.63) is 60.2 Å². The SMILES string of the molecule is CC(C1CC1c1ccc(Oc2ccccc2)cc1)N(O)C(N)=O. The van der Waals surface area contributed by atoms with Crippen molar-refractivity contribution in [3.63, 3.8) is 0 Å². The van der Waals surface area contributed by atoms with Crippen molar-refractivity contribution in [2.45, 2.75) is 25.3 Å². The quantitative estimate of drug-likeness (QED) is 0.652. The summed E-state index contributed by atoms with van der Waals surface area (Å²) in [5.41, 5.74) is 6.28. The molecule has 2 aromatic carbocycles. The number of amides is 2. The van der Waals surface area contributed by atoms with Crippen LogP contribution in [0.2, 0.25) is 0 Å². The van der Waals surface area contributed by atoms with Crippen LogP contribution in [-0.2, 0) is 0 Å². The van der Waals surface area contributed by atoms with Crippen LogP contribution in [0.3, 0.4) is 0 Å². The molecule has 0 bridgehead atoms. The molecule has 0 heterocycles. The van der Waals surface area contributed by atoms with Gasteiger partial charge in [0, 0.05) is 0 Å². The molecule has 0 aromatic heterocycles. The van der Waals surface area contributed by atoms with Crippen molar-refractivity contribution >= 4 is 6.03 Å². The molecular formula is C18H20N2O3. The maximum Gasteiger partial charge on any atom is 0.338 e. The molecule has 1 aliphatic carbocycles. The van der Waals surface area contributed by atoms with Gasteiger partial charge in [0.05, 0.1) is 6.04 Å². The Morgan fingerprint density at radius 2 is 1.78 bits per heavy atom. The number of nitrogens with two attached hydrogens (primary N) is 1. The monoisotopic (exact) mass is 312 g/mol. The minimum Gasteiger partial charge on any atom is -0.457 e. The Morgan fingerprint density at radius 1 is 1.17 bits per heavy atom. The zero-order chi connectivity index (χ0) is 16.4. The number of hydroxylamine groups is 2. The van der Waals surface area contributed by atoms with E-state index in [2.05, 4.69) is 0 Å². The third-order valence-electron chi connectivity index (χ3n) is 4.36. The Kier molecular flexibility index (Phi) is 4.21. The topological polar surface area (TPSA) is 75.8 Å². The van der Waals surface area contributed by atoms with E-state index in [0.29, 0.717) is 11.0 Å². The molecule has 1 aliphatic rings. The minimum absolute atomic E-state index is 0.230. The van der Waals surface area contributed by atoms with Crippen molar-refractivity contribution in [1.82, 2.24) is 5.06 Å². The van der Waals surface area contributed by atoms with E-state index in [4.69, 9.17) is 10.5 Å². The van der Waals surface area contributed by atoms with Gasteiger partial charge in [-0.25, -0.2) is 9.86 Å². The highest BCUT2D eigenvalue weighted by Crippen LogP contribution is 2.50. The standard InChI is InChI=1S/C18H20N2O3/c1-12(20(22)18(19)21)16-11-17(16)13-7-9-15(10-8-13)23-14-5-3-2-4-6-14/h2-10,12,16-17,22H,11H2,1H3,(H2,19,21). The van der Waals surface area contributed by atoms with Crippen LogP contribution in [0.25, 0.3) is 0 Å². The molecule has 3 rings (SSSR count). The van der Waals surface area contributed by atoms with Gasteiger partial charge in [0.1, 0.15) is 11.5 Å². The third-order valence-corrected chi connectivity index (χ3v) is 4.36. The molecule has 0 saturated heterocycles. The molecule has 0 aliphatic heterocycles. The van der Waals surface area contributed by atoms with Crippen LogP contribution in [0, 0.1) is 5.92 Å². The third kappa shape index (κ3) is 3.46. The normalized spacial score (nSPS) is 20.6. The van der Waals surface area contributed by atoms with Gasteiger partial charge in [-0.15, -0.1) is 0 Å². The van der Waals surface area contributed by atoms with Crippen LogP contribution < -0.4 is 10.5 Å². The highest BCUT2D eigenvalue weighted by molar-refractivity contribution is 5.71. The fraction of sp³-hybridized carbons (Fsp3) is 0.278. The van der Waals surface area contributed by atoms with Crippen molar-refractivity contribution in [2.75, 3.05) is 0 Å². The first-order valence-electron chi connectivity index (χ1n) is 7.66. The summed E-state index contributed by atoms with van der Waals surface area (Å²) in [5, 5.41) is 10.2. The van der Waals surface area contributed by atoms with Crippen LogP contribution in [0.5, 0.6) is 11.5 Å². The number of ether oxygens (including phenoxy) is 1. The summed E-state index contributed by atoms with van der Waals surface area (Å²) < 4.78 is 5.77. The van der Waals surface area contributed by atoms with Crippen LogP contribution in [-0.4, -0.2) is 22.3 Å². The van der Waals surface area contributed by atoms with E-state index in [1.165, 1.54) is 5.56 Å². The van der Waals surface area contributed by atoms with E-state index >= 15 is 0 Å². The van der Waals surface area contributed by atoms with E-state index in [1.54, 1.807) is 0 Å². The van der Waals surface area contributed by atoms with Gasteiger partial charge in [-0.2, -0.15) is 0 Å². The predicted molar refractivity (Wildman–Crippen MR) is 86.5 cm³/mol. The second-order valence-electron chi connectivity index (χ2n) is 5.91. The van der Waals surface area contributed by atoms with Crippen LogP contribution in [0.1, 0.15) is 24.8 Å². The average Bonchev–Trinajstić information content (AvgIpc) is 3.35. The Hall–Kier alpha value is -2.53. The van der Waals surface area contributed by atoms with Crippen molar-refractivity contribution in [1.29, 1.82) is 0 Å². The molecule has 1 saturated carbocycles. The van der Waals surface area contributed by atoms with Crippen molar-refractivity contribution in [2.24, 2.45) is 11.7 Å². The summed E-state index contributed by atoms with van der Waals surface area (Å²) in [6.07, 6.45) is 0.935. The maximum absolute atomic E-state index is 11.0. The van der Waals surface area contributed by atoms with Gasteiger partial charge in [0.25, 0.3) is 0 Å². The van der Waals surface area contributed by atoms with Crippen molar-refractivity contribution in [3.8, 4) is 11.5 Å². The molecule has 23 heavy (non-hydrogen) atoms. The number of carbonyl (C=O) groups excluding carboxylic acids is 1. The molecule has 5 heteroatoms. The predicted octanol–water partition coefficient (Wildman–Crippen LogP) is 3.74. The highest BCUT2D eigenvalue weighted by atomic mass is 16.5. The van der Waals surface area contributed by atoms with Gasteiger partial charge in [0.15, 0.2) is 0 Å². The van der Waals surface area contributed by atoms with E-state index in [1.807, 2.05) is 61.5 Å². The lowest BCUT2D eigenvalue weighted by Gasteiger charge is -2.20. The average molecular weight is 312 g/mol. The number of urea groups is 1. The molecule has 3 atom stereocenters. The van der Waals surface area contributed by atoms with Crippen LogP contribution in [0.4, 0.5) is 4.79 Å². The fourth-order valence-electron chi connectivity index (χ4n) is 2.92. The summed E-state index contributed by atoms with van der Waals surface area (Å²) in [4.78, 5) is 11.0. The largest absolute Gasteiger partial charge is 0.457 e. The van der Waals surface area contributed by atoms with Crippen LogP contribution >= 0.6 is 0 Å². The minimum atomic E-state index is -0.810. The molecule has 3 unspecified atom stereocenters. The summed E-state index contributed by atoms with van der Waals surface area (Å²) in [5.74, 6) is 2.15. The molecule has 3 N–H and O–H groups in total. The van der Waals surface area contributed by atoms with E-state index in [9.17, 15) is 10.0 Å². The summed E-state index contributed by atoms with van der Waals surface area (Å²) in [6.45, 7) is 1.81. The first-order valence-corrected chi connectivity index (χ1v) is 7.66. The Labute approximate surface area is 135 Å². The smallest absolute Gasteiger partial charge is 0.338 e.